The van der Waals surface area contributed by atoms with Gasteiger partial charge in [0.15, 0.2) is 0 Å². The molecule has 1 atom stereocenters. The summed E-state index contributed by atoms with van der Waals surface area (Å²) >= 11 is 0. The van der Waals surface area contributed by atoms with Crippen LogP contribution in [0.3, 0.4) is 0 Å². The molecule has 3 N–H and O–H groups in total. The molecular weight excluding hydrogens is 367 g/mol. The van der Waals surface area contributed by atoms with Crippen molar-refractivity contribution < 1.29 is 37.3 Å². The molecule has 0 aromatic heterocycles. The summed E-state index contributed by atoms with van der Waals surface area (Å²) < 4.78 is 47.2. The zero-order valence-corrected chi connectivity index (χ0v) is 13.9. The maximum Gasteiger partial charge on any atom is 0.573 e. The Labute approximate surface area is 151 Å². The van der Waals surface area contributed by atoms with Crippen molar-refractivity contribution in [1.82, 2.24) is 0 Å². The van der Waals surface area contributed by atoms with Gasteiger partial charge in [0, 0.05) is 0 Å². The molecule has 6 nitrogen and oxygen atoms in total. The number of halogens is 3. The van der Waals surface area contributed by atoms with Crippen molar-refractivity contribution in [3.05, 3.63) is 53.6 Å². The lowest BCUT2D eigenvalue weighted by molar-refractivity contribution is -0.274. The minimum absolute atomic E-state index is 0.0573. The lowest BCUT2D eigenvalue weighted by atomic mass is 9.96. The summed E-state index contributed by atoms with van der Waals surface area (Å²) in [6, 6.07) is 8.34. The predicted molar refractivity (Wildman–Crippen MR) is 88.9 cm³/mol. The second-order valence-corrected chi connectivity index (χ2v) is 5.30. The number of hydrogen-bond donors (Lipinski definition) is 2. The van der Waals surface area contributed by atoms with Gasteiger partial charge in [-0.2, -0.15) is 0 Å². The quantitative estimate of drug-likeness (QED) is 0.589. The molecule has 0 saturated heterocycles. The zero-order valence-electron chi connectivity index (χ0n) is 13.9. The van der Waals surface area contributed by atoms with Gasteiger partial charge in [-0.05, 0) is 23.3 Å². The molecule has 2 aromatic carbocycles. The fourth-order valence-electron chi connectivity index (χ4n) is 2.44. The molecule has 9 heteroatoms. The summed E-state index contributed by atoms with van der Waals surface area (Å²) in [6.07, 6.45) is -4.89. The largest absolute Gasteiger partial charge is 0.573 e. The summed E-state index contributed by atoms with van der Waals surface area (Å²) in [7, 11) is 1.30. The predicted octanol–water partition coefficient (Wildman–Crippen LogP) is 3.10. The van der Waals surface area contributed by atoms with Gasteiger partial charge in [-0.1, -0.05) is 30.3 Å². The molecule has 142 valence electrons. The van der Waals surface area contributed by atoms with E-state index in [-0.39, 0.29) is 16.9 Å². The number of carbonyl (C=O) groups is 1. The molecule has 0 aliphatic rings. The van der Waals surface area contributed by atoms with E-state index in [0.717, 1.165) is 6.07 Å². The summed E-state index contributed by atoms with van der Waals surface area (Å²) in [5, 5.41) is 8.93. The van der Waals surface area contributed by atoms with Crippen LogP contribution in [0.2, 0.25) is 0 Å². The SMILES string of the molecule is COc1cccc(OC(F)(F)F)c1-c1ccc([C@@H](N)C(=C=O)C(=O)O)cc1. The van der Waals surface area contributed by atoms with Crippen molar-refractivity contribution >= 4 is 11.9 Å². The van der Waals surface area contributed by atoms with Crippen LogP contribution >= 0.6 is 0 Å². The Morgan fingerprint density at radius 1 is 1.15 bits per heavy atom. The summed E-state index contributed by atoms with van der Waals surface area (Å²) in [5.74, 6) is -0.545. The Kier molecular flexibility index (Phi) is 5.89. The Balaban J connectivity index is 2.48. The van der Waals surface area contributed by atoms with Gasteiger partial charge in [-0.15, -0.1) is 13.2 Å². The lowest BCUT2D eigenvalue weighted by Crippen LogP contribution is -2.19. The van der Waals surface area contributed by atoms with E-state index in [1.165, 1.54) is 49.4 Å². The van der Waals surface area contributed by atoms with Crippen LogP contribution in [0.1, 0.15) is 11.6 Å². The number of carbonyl (C=O) groups excluding carboxylic acids is 1. The Morgan fingerprint density at radius 2 is 1.74 bits per heavy atom. The van der Waals surface area contributed by atoms with Crippen LogP contribution in [-0.2, 0) is 9.59 Å². The molecule has 0 aliphatic carbocycles. The third kappa shape index (κ3) is 4.66. The van der Waals surface area contributed by atoms with E-state index in [1.807, 2.05) is 0 Å². The number of carboxylic acid groups (broad SMARTS) is 1. The fourth-order valence-corrected chi connectivity index (χ4v) is 2.44. The van der Waals surface area contributed by atoms with E-state index in [9.17, 15) is 22.8 Å². The molecule has 0 spiro atoms. The summed E-state index contributed by atoms with van der Waals surface area (Å²) in [6.45, 7) is 0. The van der Waals surface area contributed by atoms with E-state index < -0.39 is 29.7 Å². The molecule has 0 fully saturated rings. The maximum atomic E-state index is 12.7. The molecule has 0 radical (unpaired) electrons. The van der Waals surface area contributed by atoms with Crippen molar-refractivity contribution in [1.29, 1.82) is 0 Å². The molecule has 2 aromatic rings. The Hall–Kier alpha value is -3.29. The Bertz CT molecular complexity index is 887. The molecule has 0 saturated carbocycles. The first-order chi connectivity index (χ1) is 12.7. The van der Waals surface area contributed by atoms with Crippen LogP contribution in [0.15, 0.2) is 48.0 Å². The molecule has 2 rings (SSSR count). The Morgan fingerprint density at radius 3 is 2.22 bits per heavy atom. The highest BCUT2D eigenvalue weighted by molar-refractivity contribution is 5.97. The summed E-state index contributed by atoms with van der Waals surface area (Å²) in [5.41, 5.74) is 5.71. The molecule has 0 unspecified atom stereocenters. The van der Waals surface area contributed by atoms with Crippen LogP contribution in [0, 0.1) is 0 Å². The van der Waals surface area contributed by atoms with Gasteiger partial charge in [0.05, 0.1) is 18.7 Å². The number of hydrogen-bond acceptors (Lipinski definition) is 5. The van der Waals surface area contributed by atoms with Crippen LogP contribution in [0.5, 0.6) is 11.5 Å². The van der Waals surface area contributed by atoms with Crippen LogP contribution in [0.4, 0.5) is 13.2 Å². The number of rotatable bonds is 6. The van der Waals surface area contributed by atoms with Crippen molar-refractivity contribution in [2.24, 2.45) is 5.73 Å². The van der Waals surface area contributed by atoms with Gasteiger partial charge in [-0.25, -0.2) is 9.59 Å². The van der Waals surface area contributed by atoms with E-state index in [1.54, 1.807) is 0 Å². The monoisotopic (exact) mass is 381 g/mol. The highest BCUT2D eigenvalue weighted by Gasteiger charge is 2.33. The zero-order chi connectivity index (χ0) is 20.2. The van der Waals surface area contributed by atoms with E-state index in [4.69, 9.17) is 15.6 Å². The van der Waals surface area contributed by atoms with Gasteiger partial charge in [0.2, 0.25) is 0 Å². The molecule has 0 bridgehead atoms. The van der Waals surface area contributed by atoms with Crippen molar-refractivity contribution in [2.45, 2.75) is 12.4 Å². The van der Waals surface area contributed by atoms with E-state index in [2.05, 4.69) is 4.74 Å². The second-order valence-electron chi connectivity index (χ2n) is 5.30. The number of aliphatic carboxylic acids is 1. The standard InChI is InChI=1S/C18H14F3NO5/c1-26-13-3-2-4-14(27-18(19,20)21)15(13)10-5-7-11(8-6-10)16(22)12(9-23)17(24)25/h2-8,16H,22H2,1H3,(H,24,25)/t16-/m1/s1. The van der Waals surface area contributed by atoms with Crippen molar-refractivity contribution in [3.63, 3.8) is 0 Å². The van der Waals surface area contributed by atoms with Gasteiger partial charge in [0.25, 0.3) is 0 Å². The molecule has 27 heavy (non-hydrogen) atoms. The van der Waals surface area contributed by atoms with Gasteiger partial charge in [-0.3, -0.25) is 0 Å². The van der Waals surface area contributed by atoms with Gasteiger partial charge in [0.1, 0.15) is 23.0 Å². The van der Waals surface area contributed by atoms with Crippen LogP contribution in [0.25, 0.3) is 11.1 Å². The molecular formula is C18H14F3NO5. The van der Waals surface area contributed by atoms with Crippen molar-refractivity contribution in [3.8, 4) is 22.6 Å². The topological polar surface area (TPSA) is 98.9 Å². The number of nitrogens with two attached hydrogens (primary N) is 1. The summed E-state index contributed by atoms with van der Waals surface area (Å²) in [4.78, 5) is 21.7. The van der Waals surface area contributed by atoms with E-state index in [0.29, 0.717) is 5.56 Å². The number of benzene rings is 2. The third-order valence-corrected chi connectivity index (χ3v) is 3.64. The molecule has 0 heterocycles. The number of carboxylic acids is 1. The average Bonchev–Trinajstić information content (AvgIpc) is 2.60. The normalized spacial score (nSPS) is 12.0. The number of ether oxygens (including phenoxy) is 2. The first-order valence-corrected chi connectivity index (χ1v) is 7.45. The number of methoxy groups -OCH3 is 1. The molecule has 0 amide bonds. The highest BCUT2D eigenvalue weighted by Crippen LogP contribution is 2.40. The minimum Gasteiger partial charge on any atom is -0.496 e. The lowest BCUT2D eigenvalue weighted by Gasteiger charge is -2.17. The van der Waals surface area contributed by atoms with Crippen molar-refractivity contribution in [2.75, 3.05) is 7.11 Å². The van der Waals surface area contributed by atoms with E-state index >= 15 is 0 Å². The molecule has 0 aliphatic heterocycles. The smallest absolute Gasteiger partial charge is 0.496 e. The minimum atomic E-state index is -4.89. The van der Waals surface area contributed by atoms with Crippen LogP contribution < -0.4 is 15.2 Å². The highest BCUT2D eigenvalue weighted by atomic mass is 19.4. The third-order valence-electron chi connectivity index (χ3n) is 3.64. The maximum absolute atomic E-state index is 12.7. The second kappa shape index (κ2) is 7.94. The first-order valence-electron chi connectivity index (χ1n) is 7.45. The average molecular weight is 381 g/mol. The van der Waals surface area contributed by atoms with Crippen LogP contribution in [-0.4, -0.2) is 30.5 Å². The number of alkyl halides is 3. The fraction of sp³-hybridized carbons (Fsp3) is 0.167. The van der Waals surface area contributed by atoms with Gasteiger partial charge >= 0.3 is 12.3 Å². The first kappa shape index (κ1) is 20.0. The van der Waals surface area contributed by atoms with Gasteiger partial charge < -0.3 is 20.3 Å².